The van der Waals surface area contributed by atoms with Crippen molar-refractivity contribution in [3.63, 3.8) is 0 Å². The summed E-state index contributed by atoms with van der Waals surface area (Å²) < 4.78 is 11.1. The van der Waals surface area contributed by atoms with Gasteiger partial charge in [-0.25, -0.2) is 0 Å². The first-order valence-corrected chi connectivity index (χ1v) is 8.59. The average Bonchev–Trinajstić information content (AvgIpc) is 2.56. The maximum Gasteiger partial charge on any atom is 0.255 e. The summed E-state index contributed by atoms with van der Waals surface area (Å²) in [6.07, 6.45) is 0. The van der Waals surface area contributed by atoms with Crippen LogP contribution in [0.4, 0.5) is 5.69 Å². The standard InChI is InChI=1S/C20H24ClNO3/c1-12(2)11-25-19-16(21)9-15(10-17(19)24-5)20(23)22-18-13(3)7-6-8-14(18)4/h6-10,12H,11H2,1-5H3,(H,22,23). The summed E-state index contributed by atoms with van der Waals surface area (Å²) in [5.41, 5.74) is 3.23. The molecule has 1 N–H and O–H groups in total. The Labute approximate surface area is 154 Å². The number of anilines is 1. The molecule has 0 aliphatic heterocycles. The Kier molecular flexibility index (Phi) is 6.32. The van der Waals surface area contributed by atoms with Crippen molar-refractivity contribution in [2.24, 2.45) is 5.92 Å². The number of aryl methyl sites for hydroxylation is 2. The van der Waals surface area contributed by atoms with Crippen LogP contribution in [0.2, 0.25) is 5.02 Å². The summed E-state index contributed by atoms with van der Waals surface area (Å²) in [5, 5.41) is 3.30. The average molecular weight is 362 g/mol. The van der Waals surface area contributed by atoms with Gasteiger partial charge in [-0.05, 0) is 43.0 Å². The van der Waals surface area contributed by atoms with Gasteiger partial charge in [-0.15, -0.1) is 0 Å². The van der Waals surface area contributed by atoms with Crippen molar-refractivity contribution in [2.45, 2.75) is 27.7 Å². The van der Waals surface area contributed by atoms with Crippen molar-refractivity contribution in [3.8, 4) is 11.5 Å². The second-order valence-corrected chi connectivity index (χ2v) is 6.82. The fourth-order valence-electron chi connectivity index (χ4n) is 2.44. The second kappa shape index (κ2) is 8.26. The van der Waals surface area contributed by atoms with E-state index in [1.165, 1.54) is 7.11 Å². The number of amides is 1. The van der Waals surface area contributed by atoms with Gasteiger partial charge in [0.25, 0.3) is 5.91 Å². The fraction of sp³-hybridized carbons (Fsp3) is 0.350. The fourth-order valence-corrected chi connectivity index (χ4v) is 2.70. The summed E-state index contributed by atoms with van der Waals surface area (Å²) in [5.74, 6) is 1.02. The second-order valence-electron chi connectivity index (χ2n) is 6.42. The third-order valence-corrected chi connectivity index (χ3v) is 4.05. The van der Waals surface area contributed by atoms with Gasteiger partial charge in [0.1, 0.15) is 0 Å². The summed E-state index contributed by atoms with van der Waals surface area (Å²) in [4.78, 5) is 12.7. The summed E-state index contributed by atoms with van der Waals surface area (Å²) in [7, 11) is 1.53. The molecule has 1 amide bonds. The maximum absolute atomic E-state index is 12.7. The van der Waals surface area contributed by atoms with Crippen molar-refractivity contribution in [1.82, 2.24) is 0 Å². The molecule has 0 aliphatic rings. The SMILES string of the molecule is COc1cc(C(=O)Nc2c(C)cccc2C)cc(Cl)c1OCC(C)C. The zero-order valence-corrected chi connectivity index (χ0v) is 16.0. The van der Waals surface area contributed by atoms with Crippen molar-refractivity contribution >= 4 is 23.2 Å². The molecule has 0 spiro atoms. The molecule has 2 aromatic carbocycles. The van der Waals surface area contributed by atoms with Gasteiger partial charge >= 0.3 is 0 Å². The predicted octanol–water partition coefficient (Wildman–Crippen LogP) is 5.25. The number of nitrogens with one attached hydrogen (secondary N) is 1. The summed E-state index contributed by atoms with van der Waals surface area (Å²) in [6, 6.07) is 9.12. The van der Waals surface area contributed by atoms with Crippen LogP contribution in [0.3, 0.4) is 0 Å². The van der Waals surface area contributed by atoms with E-state index in [4.69, 9.17) is 21.1 Å². The first-order chi connectivity index (χ1) is 11.8. The minimum atomic E-state index is -0.243. The van der Waals surface area contributed by atoms with E-state index in [9.17, 15) is 4.79 Å². The molecule has 0 saturated carbocycles. The number of para-hydroxylation sites is 1. The Balaban J connectivity index is 2.30. The topological polar surface area (TPSA) is 47.6 Å². The number of benzene rings is 2. The third-order valence-electron chi connectivity index (χ3n) is 3.77. The van der Waals surface area contributed by atoms with Crippen molar-refractivity contribution < 1.29 is 14.3 Å². The quantitative estimate of drug-likeness (QED) is 0.764. The normalized spacial score (nSPS) is 10.7. The molecule has 2 aromatic rings. The Morgan fingerprint density at radius 1 is 1.20 bits per heavy atom. The molecule has 0 aromatic heterocycles. The molecule has 0 aliphatic carbocycles. The highest BCUT2D eigenvalue weighted by Gasteiger charge is 2.17. The molecule has 25 heavy (non-hydrogen) atoms. The van der Waals surface area contributed by atoms with Crippen LogP contribution >= 0.6 is 11.6 Å². The molecule has 5 heteroatoms. The monoisotopic (exact) mass is 361 g/mol. The molecule has 134 valence electrons. The number of ether oxygens (including phenoxy) is 2. The lowest BCUT2D eigenvalue weighted by molar-refractivity contribution is 0.102. The Morgan fingerprint density at radius 2 is 1.84 bits per heavy atom. The van der Waals surface area contributed by atoms with Crippen LogP contribution in [0.15, 0.2) is 30.3 Å². The van der Waals surface area contributed by atoms with E-state index in [2.05, 4.69) is 5.32 Å². The number of carbonyl (C=O) groups is 1. The molecule has 0 radical (unpaired) electrons. The van der Waals surface area contributed by atoms with Crippen LogP contribution in [-0.2, 0) is 0 Å². The molecule has 0 unspecified atom stereocenters. The summed E-state index contributed by atoms with van der Waals surface area (Å²) in [6.45, 7) is 8.53. The van der Waals surface area contributed by atoms with Gasteiger partial charge in [-0.1, -0.05) is 43.6 Å². The van der Waals surface area contributed by atoms with E-state index in [-0.39, 0.29) is 5.91 Å². The highest BCUT2D eigenvalue weighted by atomic mass is 35.5. The lowest BCUT2D eigenvalue weighted by atomic mass is 10.1. The number of rotatable bonds is 6. The van der Waals surface area contributed by atoms with Gasteiger partial charge in [0.15, 0.2) is 11.5 Å². The zero-order chi connectivity index (χ0) is 18.6. The first-order valence-electron chi connectivity index (χ1n) is 8.21. The Morgan fingerprint density at radius 3 is 2.40 bits per heavy atom. The molecule has 4 nitrogen and oxygen atoms in total. The Hall–Kier alpha value is -2.20. The third kappa shape index (κ3) is 4.67. The van der Waals surface area contributed by atoms with Gasteiger partial charge < -0.3 is 14.8 Å². The minimum absolute atomic E-state index is 0.243. The zero-order valence-electron chi connectivity index (χ0n) is 15.3. The van der Waals surface area contributed by atoms with Gasteiger partial charge in [0.2, 0.25) is 0 Å². The largest absolute Gasteiger partial charge is 0.493 e. The van der Waals surface area contributed by atoms with Crippen LogP contribution in [-0.4, -0.2) is 19.6 Å². The Bertz CT molecular complexity index is 752. The molecular weight excluding hydrogens is 338 g/mol. The van der Waals surface area contributed by atoms with Crippen LogP contribution in [0.25, 0.3) is 0 Å². The van der Waals surface area contributed by atoms with Crippen LogP contribution < -0.4 is 14.8 Å². The van der Waals surface area contributed by atoms with Gasteiger partial charge in [0.05, 0.1) is 18.7 Å². The van der Waals surface area contributed by atoms with Gasteiger partial charge in [0, 0.05) is 11.3 Å². The van der Waals surface area contributed by atoms with E-state index in [1.807, 2.05) is 45.9 Å². The molecule has 0 fully saturated rings. The molecule has 0 atom stereocenters. The predicted molar refractivity (Wildman–Crippen MR) is 102 cm³/mol. The molecule has 0 heterocycles. The van der Waals surface area contributed by atoms with E-state index in [0.29, 0.717) is 34.6 Å². The smallest absolute Gasteiger partial charge is 0.255 e. The first kappa shape index (κ1) is 19.1. The highest BCUT2D eigenvalue weighted by Crippen LogP contribution is 2.37. The highest BCUT2D eigenvalue weighted by molar-refractivity contribution is 6.32. The molecule has 0 bridgehead atoms. The lowest BCUT2D eigenvalue weighted by Crippen LogP contribution is -2.14. The molecule has 2 rings (SSSR count). The van der Waals surface area contributed by atoms with Crippen LogP contribution in [0.1, 0.15) is 35.3 Å². The lowest BCUT2D eigenvalue weighted by Gasteiger charge is -2.16. The van der Waals surface area contributed by atoms with Gasteiger partial charge in [-0.2, -0.15) is 0 Å². The van der Waals surface area contributed by atoms with Crippen LogP contribution in [0.5, 0.6) is 11.5 Å². The number of carbonyl (C=O) groups excluding carboxylic acids is 1. The number of hydrogen-bond donors (Lipinski definition) is 1. The maximum atomic E-state index is 12.7. The van der Waals surface area contributed by atoms with E-state index >= 15 is 0 Å². The van der Waals surface area contributed by atoms with Crippen molar-refractivity contribution in [2.75, 3.05) is 19.0 Å². The van der Waals surface area contributed by atoms with E-state index in [0.717, 1.165) is 16.8 Å². The van der Waals surface area contributed by atoms with E-state index < -0.39 is 0 Å². The molecular formula is C20H24ClNO3. The van der Waals surface area contributed by atoms with Crippen LogP contribution in [0, 0.1) is 19.8 Å². The van der Waals surface area contributed by atoms with Crippen molar-refractivity contribution in [3.05, 3.63) is 52.0 Å². The summed E-state index contributed by atoms with van der Waals surface area (Å²) >= 11 is 6.32. The van der Waals surface area contributed by atoms with Gasteiger partial charge in [-0.3, -0.25) is 4.79 Å². The number of halogens is 1. The molecule has 0 saturated heterocycles. The van der Waals surface area contributed by atoms with E-state index in [1.54, 1.807) is 12.1 Å². The number of hydrogen-bond acceptors (Lipinski definition) is 3. The minimum Gasteiger partial charge on any atom is -0.493 e. The number of methoxy groups -OCH3 is 1. The van der Waals surface area contributed by atoms with Crippen molar-refractivity contribution in [1.29, 1.82) is 0 Å².